The Labute approximate surface area is 128 Å². The molecule has 0 aliphatic heterocycles. The zero-order chi connectivity index (χ0) is 15.8. The molecule has 0 spiro atoms. The highest BCUT2D eigenvalue weighted by Gasteiger charge is 2.15. The topological polar surface area (TPSA) is 39.7 Å². The zero-order valence-electron chi connectivity index (χ0n) is 13.9. The van der Waals surface area contributed by atoms with E-state index in [0.717, 1.165) is 18.5 Å². The molecule has 1 aromatic carbocycles. The fourth-order valence-electron chi connectivity index (χ4n) is 2.13. The SMILES string of the molecule is CCCNC(C)/C(C)=C/c1ccc(OC)c(OC)c1OC. The molecule has 21 heavy (non-hydrogen) atoms. The molecule has 1 aromatic rings. The number of ether oxygens (including phenoxy) is 3. The molecule has 0 amide bonds. The Morgan fingerprint density at radius 3 is 2.33 bits per heavy atom. The van der Waals surface area contributed by atoms with Crippen LogP contribution in [0.4, 0.5) is 0 Å². The van der Waals surface area contributed by atoms with E-state index in [0.29, 0.717) is 23.3 Å². The van der Waals surface area contributed by atoms with Crippen LogP contribution in [0.3, 0.4) is 0 Å². The van der Waals surface area contributed by atoms with Gasteiger partial charge in [-0.15, -0.1) is 0 Å². The number of hydrogen-bond donors (Lipinski definition) is 1. The summed E-state index contributed by atoms with van der Waals surface area (Å²) in [4.78, 5) is 0. The molecule has 0 saturated carbocycles. The Bertz CT molecular complexity index is 483. The van der Waals surface area contributed by atoms with E-state index in [-0.39, 0.29) is 0 Å². The van der Waals surface area contributed by atoms with Crippen molar-refractivity contribution < 1.29 is 14.2 Å². The minimum absolute atomic E-state index is 0.322. The van der Waals surface area contributed by atoms with Crippen LogP contribution in [0.25, 0.3) is 6.08 Å². The minimum Gasteiger partial charge on any atom is -0.493 e. The molecule has 0 aliphatic rings. The molecule has 0 bridgehead atoms. The van der Waals surface area contributed by atoms with E-state index in [1.165, 1.54) is 5.57 Å². The second-order valence-electron chi connectivity index (χ2n) is 4.99. The molecule has 0 aromatic heterocycles. The highest BCUT2D eigenvalue weighted by atomic mass is 16.5. The van der Waals surface area contributed by atoms with Gasteiger partial charge in [0.2, 0.25) is 5.75 Å². The molecule has 1 atom stereocenters. The summed E-state index contributed by atoms with van der Waals surface area (Å²) in [5.41, 5.74) is 2.23. The van der Waals surface area contributed by atoms with Crippen molar-refractivity contribution >= 4 is 6.08 Å². The third-order valence-electron chi connectivity index (χ3n) is 3.50. The van der Waals surface area contributed by atoms with Gasteiger partial charge in [-0.3, -0.25) is 0 Å². The number of nitrogens with one attached hydrogen (secondary N) is 1. The van der Waals surface area contributed by atoms with E-state index in [1.807, 2.05) is 12.1 Å². The first-order valence-corrected chi connectivity index (χ1v) is 7.29. The van der Waals surface area contributed by atoms with Crippen molar-refractivity contribution in [3.63, 3.8) is 0 Å². The maximum atomic E-state index is 5.50. The Morgan fingerprint density at radius 2 is 1.81 bits per heavy atom. The summed E-state index contributed by atoms with van der Waals surface area (Å²) >= 11 is 0. The summed E-state index contributed by atoms with van der Waals surface area (Å²) in [7, 11) is 4.88. The van der Waals surface area contributed by atoms with E-state index in [9.17, 15) is 0 Å². The van der Waals surface area contributed by atoms with Gasteiger partial charge >= 0.3 is 0 Å². The molecule has 0 heterocycles. The van der Waals surface area contributed by atoms with Gasteiger partial charge in [-0.05, 0) is 38.9 Å². The summed E-state index contributed by atoms with van der Waals surface area (Å²) in [6.07, 6.45) is 3.24. The highest BCUT2D eigenvalue weighted by molar-refractivity contribution is 5.68. The van der Waals surface area contributed by atoms with E-state index in [2.05, 4.69) is 32.2 Å². The van der Waals surface area contributed by atoms with E-state index >= 15 is 0 Å². The summed E-state index contributed by atoms with van der Waals surface area (Å²) in [5, 5.41) is 3.48. The first-order chi connectivity index (χ1) is 10.1. The largest absolute Gasteiger partial charge is 0.493 e. The van der Waals surface area contributed by atoms with E-state index < -0.39 is 0 Å². The Kier molecular flexibility index (Phi) is 7.09. The van der Waals surface area contributed by atoms with Gasteiger partial charge in [-0.2, -0.15) is 0 Å². The van der Waals surface area contributed by atoms with Crippen LogP contribution >= 0.6 is 0 Å². The predicted molar refractivity (Wildman–Crippen MR) is 87.5 cm³/mol. The van der Waals surface area contributed by atoms with Crippen LogP contribution in [0.15, 0.2) is 17.7 Å². The van der Waals surface area contributed by atoms with Gasteiger partial charge in [-0.25, -0.2) is 0 Å². The second-order valence-corrected chi connectivity index (χ2v) is 4.99. The van der Waals surface area contributed by atoms with Gasteiger partial charge in [-0.1, -0.05) is 18.6 Å². The average Bonchev–Trinajstić information content (AvgIpc) is 2.51. The summed E-state index contributed by atoms with van der Waals surface area (Å²) < 4.78 is 16.2. The van der Waals surface area contributed by atoms with Crippen molar-refractivity contribution in [1.82, 2.24) is 5.32 Å². The standard InChI is InChI=1S/C17H27NO3/c1-7-10-18-13(3)12(2)11-14-8-9-15(19-4)17(21-6)16(14)20-5/h8-9,11,13,18H,7,10H2,1-6H3/b12-11+. The van der Waals surface area contributed by atoms with E-state index in [4.69, 9.17) is 14.2 Å². The Balaban J connectivity index is 3.12. The summed E-state index contributed by atoms with van der Waals surface area (Å²) in [6, 6.07) is 4.20. The first kappa shape index (κ1) is 17.4. The zero-order valence-corrected chi connectivity index (χ0v) is 13.9. The lowest BCUT2D eigenvalue weighted by Crippen LogP contribution is -2.27. The summed E-state index contributed by atoms with van der Waals surface area (Å²) in [6.45, 7) is 7.45. The van der Waals surface area contributed by atoms with Crippen LogP contribution in [-0.2, 0) is 0 Å². The third-order valence-corrected chi connectivity index (χ3v) is 3.50. The van der Waals surface area contributed by atoms with Gasteiger partial charge in [0.05, 0.1) is 21.3 Å². The molecule has 0 radical (unpaired) electrons. The third kappa shape index (κ3) is 4.39. The molecule has 4 heteroatoms. The molecule has 118 valence electrons. The minimum atomic E-state index is 0.322. The van der Waals surface area contributed by atoms with Gasteiger partial charge in [0.25, 0.3) is 0 Å². The number of hydrogen-bond acceptors (Lipinski definition) is 4. The fourth-order valence-corrected chi connectivity index (χ4v) is 2.13. The number of benzene rings is 1. The van der Waals surface area contributed by atoms with Crippen molar-refractivity contribution in [2.24, 2.45) is 0 Å². The fraction of sp³-hybridized carbons (Fsp3) is 0.529. The lowest BCUT2D eigenvalue weighted by Gasteiger charge is -2.17. The van der Waals surface area contributed by atoms with Crippen molar-refractivity contribution in [3.05, 3.63) is 23.3 Å². The maximum Gasteiger partial charge on any atom is 0.203 e. The van der Waals surface area contributed by atoms with Gasteiger partial charge in [0.15, 0.2) is 11.5 Å². The normalized spacial score (nSPS) is 13.0. The van der Waals surface area contributed by atoms with Crippen LogP contribution < -0.4 is 19.5 Å². The molecule has 4 nitrogen and oxygen atoms in total. The molecular formula is C17H27NO3. The molecule has 1 N–H and O–H groups in total. The van der Waals surface area contributed by atoms with Gasteiger partial charge in [0.1, 0.15) is 0 Å². The van der Waals surface area contributed by atoms with Crippen LogP contribution in [0.2, 0.25) is 0 Å². The van der Waals surface area contributed by atoms with Crippen molar-refractivity contribution in [2.45, 2.75) is 33.2 Å². The van der Waals surface area contributed by atoms with Gasteiger partial charge in [0, 0.05) is 11.6 Å². The quantitative estimate of drug-likeness (QED) is 0.796. The van der Waals surface area contributed by atoms with Crippen LogP contribution in [-0.4, -0.2) is 33.9 Å². The van der Waals surface area contributed by atoms with Crippen molar-refractivity contribution in [1.29, 1.82) is 0 Å². The smallest absolute Gasteiger partial charge is 0.203 e. The Hall–Kier alpha value is -1.68. The van der Waals surface area contributed by atoms with Gasteiger partial charge < -0.3 is 19.5 Å². The van der Waals surface area contributed by atoms with Crippen LogP contribution in [0, 0.1) is 0 Å². The Morgan fingerprint density at radius 1 is 1.14 bits per heavy atom. The molecule has 0 aliphatic carbocycles. The lowest BCUT2D eigenvalue weighted by molar-refractivity contribution is 0.324. The first-order valence-electron chi connectivity index (χ1n) is 7.29. The molecule has 1 rings (SSSR count). The molecular weight excluding hydrogens is 266 g/mol. The summed E-state index contributed by atoms with van der Waals surface area (Å²) in [5.74, 6) is 1.98. The van der Waals surface area contributed by atoms with Crippen molar-refractivity contribution in [2.75, 3.05) is 27.9 Å². The van der Waals surface area contributed by atoms with E-state index in [1.54, 1.807) is 21.3 Å². The average molecular weight is 293 g/mol. The lowest BCUT2D eigenvalue weighted by atomic mass is 10.0. The molecule has 0 saturated heterocycles. The van der Waals surface area contributed by atoms with Crippen molar-refractivity contribution in [3.8, 4) is 17.2 Å². The van der Waals surface area contributed by atoms with Crippen LogP contribution in [0.5, 0.6) is 17.2 Å². The number of rotatable bonds is 8. The highest BCUT2D eigenvalue weighted by Crippen LogP contribution is 2.40. The molecule has 1 unspecified atom stereocenters. The molecule has 0 fully saturated rings. The second kappa shape index (κ2) is 8.57. The maximum absolute atomic E-state index is 5.50. The predicted octanol–water partition coefficient (Wildman–Crippen LogP) is 3.50. The van der Waals surface area contributed by atoms with Crippen LogP contribution in [0.1, 0.15) is 32.8 Å². The number of methoxy groups -OCH3 is 3. The monoisotopic (exact) mass is 293 g/mol.